The quantitative estimate of drug-likeness (QED) is 0.0205. The number of ether oxygens (including phenoxy) is 4. The maximum absolute atomic E-state index is 13.2. The second-order valence-electron chi connectivity index (χ2n) is 20.8. The smallest absolute Gasteiger partial charge is 0.220 e. The lowest BCUT2D eigenvalue weighted by molar-refractivity contribution is -0.359. The van der Waals surface area contributed by atoms with Gasteiger partial charge in [0.05, 0.1) is 32.0 Å². The molecule has 2 heterocycles. The Kier molecular flexibility index (Phi) is 41.4. The molecular formula is C59H107NO13. The standard InChI is InChI=1S/C59H107NO13/c1-3-5-7-9-11-13-15-17-19-21-23-25-26-28-30-32-34-36-38-40-42-48(63)47(60-51(64)43-41-39-37-35-33-31-29-27-24-22-20-18-16-14-12-10-8-6-4-2)46-70-58-56(69)54(67)57(50(45-62)72-58)73-59-55(68)53(66)52(65)49(44-61)71-59/h12,14,18,20,32,34,40,42,47-50,52-59,61-63,65-69H,3-11,13,15-17,19,21-31,33,35-39,41,43-46H2,1-2H3,(H,60,64)/b14-12-,20-18-,34-32+,42-40+. The molecule has 73 heavy (non-hydrogen) atoms. The molecular weight excluding hydrogens is 931 g/mol. The molecule has 12 unspecified atom stereocenters. The van der Waals surface area contributed by atoms with E-state index in [0.29, 0.717) is 12.8 Å². The summed E-state index contributed by atoms with van der Waals surface area (Å²) in [6, 6.07) is -0.934. The topological polar surface area (TPSA) is 228 Å². The van der Waals surface area contributed by atoms with Gasteiger partial charge in [-0.15, -0.1) is 0 Å². The van der Waals surface area contributed by atoms with E-state index in [0.717, 1.165) is 44.9 Å². The zero-order valence-electron chi connectivity index (χ0n) is 45.6. The number of rotatable bonds is 46. The Morgan fingerprint density at radius 1 is 0.493 bits per heavy atom. The van der Waals surface area contributed by atoms with Gasteiger partial charge in [-0.25, -0.2) is 0 Å². The molecule has 2 fully saturated rings. The van der Waals surface area contributed by atoms with Crippen molar-refractivity contribution in [2.24, 2.45) is 0 Å². The van der Waals surface area contributed by atoms with Gasteiger partial charge in [-0.1, -0.05) is 204 Å². The highest BCUT2D eigenvalue weighted by Gasteiger charge is 2.51. The fraction of sp³-hybridized carbons (Fsp3) is 0.847. The van der Waals surface area contributed by atoms with Crippen LogP contribution in [0.15, 0.2) is 48.6 Å². The third-order valence-electron chi connectivity index (χ3n) is 14.2. The van der Waals surface area contributed by atoms with Gasteiger partial charge >= 0.3 is 0 Å². The van der Waals surface area contributed by atoms with Crippen molar-refractivity contribution in [1.29, 1.82) is 0 Å². The summed E-state index contributed by atoms with van der Waals surface area (Å²) in [5.74, 6) is -0.254. The van der Waals surface area contributed by atoms with Crippen LogP contribution in [0.5, 0.6) is 0 Å². The number of aliphatic hydroxyl groups excluding tert-OH is 8. The molecule has 12 atom stereocenters. The first-order valence-corrected chi connectivity index (χ1v) is 29.4. The van der Waals surface area contributed by atoms with Gasteiger partial charge in [-0.3, -0.25) is 4.79 Å². The van der Waals surface area contributed by atoms with Crippen molar-refractivity contribution in [3.63, 3.8) is 0 Å². The van der Waals surface area contributed by atoms with Crippen LogP contribution < -0.4 is 5.32 Å². The number of allylic oxidation sites excluding steroid dienone is 7. The van der Waals surface area contributed by atoms with Gasteiger partial charge in [-0.2, -0.15) is 0 Å². The molecule has 1 amide bonds. The highest BCUT2D eigenvalue weighted by atomic mass is 16.7. The van der Waals surface area contributed by atoms with E-state index < -0.39 is 86.8 Å². The number of nitrogens with one attached hydrogen (secondary N) is 1. The second kappa shape index (κ2) is 45.0. The zero-order chi connectivity index (χ0) is 53.2. The Balaban J connectivity index is 1.80. The summed E-state index contributed by atoms with van der Waals surface area (Å²) in [4.78, 5) is 13.2. The lowest BCUT2D eigenvalue weighted by Gasteiger charge is -2.46. The van der Waals surface area contributed by atoms with Crippen molar-refractivity contribution in [1.82, 2.24) is 5.32 Å². The predicted octanol–water partition coefficient (Wildman–Crippen LogP) is 9.61. The average molecular weight is 1040 g/mol. The monoisotopic (exact) mass is 1040 g/mol. The Bertz CT molecular complexity index is 1410. The first kappa shape index (κ1) is 67.1. The van der Waals surface area contributed by atoms with Crippen LogP contribution in [0.1, 0.15) is 226 Å². The van der Waals surface area contributed by atoms with Crippen molar-refractivity contribution in [2.45, 2.75) is 299 Å². The third-order valence-corrected chi connectivity index (χ3v) is 14.2. The maximum Gasteiger partial charge on any atom is 0.220 e. The highest BCUT2D eigenvalue weighted by molar-refractivity contribution is 5.76. The van der Waals surface area contributed by atoms with Crippen molar-refractivity contribution in [3.8, 4) is 0 Å². The molecule has 2 rings (SSSR count). The molecule has 0 aromatic rings. The van der Waals surface area contributed by atoms with Crippen LogP contribution in [0.3, 0.4) is 0 Å². The maximum atomic E-state index is 13.2. The molecule has 14 nitrogen and oxygen atoms in total. The van der Waals surface area contributed by atoms with Crippen molar-refractivity contribution < 1.29 is 64.6 Å². The molecule has 2 aliphatic rings. The molecule has 0 aromatic heterocycles. The van der Waals surface area contributed by atoms with E-state index >= 15 is 0 Å². The Morgan fingerprint density at radius 2 is 0.918 bits per heavy atom. The molecule has 2 saturated heterocycles. The number of carbonyl (C=O) groups excluding carboxylic acids is 1. The molecule has 9 N–H and O–H groups in total. The van der Waals surface area contributed by atoms with Crippen LogP contribution in [0.4, 0.5) is 0 Å². The summed E-state index contributed by atoms with van der Waals surface area (Å²) < 4.78 is 22.7. The largest absolute Gasteiger partial charge is 0.394 e. The molecule has 0 radical (unpaired) electrons. The minimum Gasteiger partial charge on any atom is -0.394 e. The van der Waals surface area contributed by atoms with E-state index in [9.17, 15) is 45.6 Å². The van der Waals surface area contributed by atoms with Crippen LogP contribution >= 0.6 is 0 Å². The molecule has 2 aliphatic heterocycles. The normalized spacial score (nSPS) is 25.7. The van der Waals surface area contributed by atoms with E-state index in [1.165, 1.54) is 148 Å². The van der Waals surface area contributed by atoms with Crippen molar-refractivity contribution in [2.75, 3.05) is 19.8 Å². The van der Waals surface area contributed by atoms with E-state index in [-0.39, 0.29) is 18.9 Å². The lowest BCUT2D eigenvalue weighted by Crippen LogP contribution is -2.65. The SMILES string of the molecule is CCCCC/C=C\C/C=C\CCCCCCCCCCCC(=O)NC(COC1OC(CO)C(OC2OC(CO)C(O)C(O)C2O)C(O)C1O)C(O)/C=C/CC/C=C/CCCCCCCCCCCCCCCC. The van der Waals surface area contributed by atoms with Gasteiger partial charge in [-0.05, 0) is 64.2 Å². The van der Waals surface area contributed by atoms with Crippen LogP contribution in [0, 0.1) is 0 Å². The van der Waals surface area contributed by atoms with E-state index in [4.69, 9.17) is 18.9 Å². The van der Waals surface area contributed by atoms with E-state index in [1.54, 1.807) is 6.08 Å². The minimum atomic E-state index is -1.79. The lowest BCUT2D eigenvalue weighted by atomic mass is 9.97. The number of unbranched alkanes of at least 4 members (excludes halogenated alkanes) is 27. The zero-order valence-corrected chi connectivity index (χ0v) is 45.6. The number of hydrogen-bond donors (Lipinski definition) is 9. The van der Waals surface area contributed by atoms with Crippen molar-refractivity contribution >= 4 is 5.91 Å². The first-order valence-electron chi connectivity index (χ1n) is 29.4. The van der Waals surface area contributed by atoms with Crippen molar-refractivity contribution in [3.05, 3.63) is 48.6 Å². The van der Waals surface area contributed by atoms with Crippen LogP contribution in [-0.4, -0.2) is 140 Å². The van der Waals surface area contributed by atoms with Gasteiger partial charge in [0, 0.05) is 6.42 Å². The predicted molar refractivity (Wildman–Crippen MR) is 291 cm³/mol. The first-order chi connectivity index (χ1) is 35.6. The average Bonchev–Trinajstić information content (AvgIpc) is 3.39. The summed E-state index contributed by atoms with van der Waals surface area (Å²) in [7, 11) is 0. The molecule has 426 valence electrons. The fourth-order valence-corrected chi connectivity index (χ4v) is 9.45. The summed E-state index contributed by atoms with van der Waals surface area (Å²) in [6.07, 6.45) is 38.6. The molecule has 0 aromatic carbocycles. The summed E-state index contributed by atoms with van der Waals surface area (Å²) in [5.41, 5.74) is 0. The molecule has 0 spiro atoms. The molecule has 0 bridgehead atoms. The van der Waals surface area contributed by atoms with Gasteiger partial charge in [0.1, 0.15) is 48.8 Å². The van der Waals surface area contributed by atoms with E-state index in [1.807, 2.05) is 6.08 Å². The number of aliphatic hydroxyl groups is 8. The summed E-state index contributed by atoms with van der Waals surface area (Å²) in [6.45, 7) is 2.76. The number of hydrogen-bond acceptors (Lipinski definition) is 13. The van der Waals surface area contributed by atoms with E-state index in [2.05, 4.69) is 55.6 Å². The van der Waals surface area contributed by atoms with Crippen LogP contribution in [0.2, 0.25) is 0 Å². The summed E-state index contributed by atoms with van der Waals surface area (Å²) in [5, 5.41) is 87.0. The van der Waals surface area contributed by atoms with Gasteiger partial charge in [0.25, 0.3) is 0 Å². The van der Waals surface area contributed by atoms with Gasteiger partial charge in [0.2, 0.25) is 5.91 Å². The Morgan fingerprint density at radius 3 is 1.45 bits per heavy atom. The van der Waals surface area contributed by atoms with Gasteiger partial charge < -0.3 is 65.1 Å². The number of amides is 1. The molecule has 14 heteroatoms. The fourth-order valence-electron chi connectivity index (χ4n) is 9.45. The second-order valence-corrected chi connectivity index (χ2v) is 20.8. The van der Waals surface area contributed by atoms with Crippen LogP contribution in [0.25, 0.3) is 0 Å². The minimum absolute atomic E-state index is 0.254. The third kappa shape index (κ3) is 31.1. The molecule has 0 aliphatic carbocycles. The Hall–Kier alpha value is -2.05. The molecule has 0 saturated carbocycles. The number of carbonyl (C=O) groups is 1. The summed E-state index contributed by atoms with van der Waals surface area (Å²) >= 11 is 0. The highest BCUT2D eigenvalue weighted by Crippen LogP contribution is 2.30. The van der Waals surface area contributed by atoms with Gasteiger partial charge in [0.15, 0.2) is 12.6 Å². The Labute approximate surface area is 442 Å². The van der Waals surface area contributed by atoms with Crippen LogP contribution in [-0.2, 0) is 23.7 Å².